The molecule has 0 atom stereocenters. The average Bonchev–Trinajstić information content (AvgIpc) is 2.38. The molecule has 2 aromatic rings. The molecule has 2 N–H and O–H groups in total. The van der Waals surface area contributed by atoms with Crippen molar-refractivity contribution in [2.75, 3.05) is 0 Å². The Hall–Kier alpha value is -1.94. The maximum Gasteiger partial charge on any atom is 0.271 e. The molecule has 0 amide bonds. The minimum Gasteiger partial charge on any atom is -0.322 e. The van der Waals surface area contributed by atoms with Gasteiger partial charge in [0.05, 0.1) is 5.69 Å². The van der Waals surface area contributed by atoms with Gasteiger partial charge < -0.3 is 5.73 Å². The average molecular weight is 257 g/mol. The minimum atomic E-state index is -0.680. The molecule has 0 saturated carbocycles. The summed E-state index contributed by atoms with van der Waals surface area (Å²) in [5.74, 6) is 0. The molecule has 0 radical (unpaired) electrons. The zero-order valence-electron chi connectivity index (χ0n) is 11.6. The Morgan fingerprint density at radius 2 is 1.89 bits per heavy atom. The van der Waals surface area contributed by atoms with E-state index < -0.39 is 5.54 Å². The van der Waals surface area contributed by atoms with Gasteiger partial charge in [-0.3, -0.25) is 4.79 Å². The summed E-state index contributed by atoms with van der Waals surface area (Å²) >= 11 is 0. The molecule has 4 nitrogen and oxygen atoms in total. The van der Waals surface area contributed by atoms with Crippen molar-refractivity contribution < 1.29 is 0 Å². The number of nitrogens with two attached hydrogens (primary N) is 1. The van der Waals surface area contributed by atoms with E-state index in [-0.39, 0.29) is 5.56 Å². The third-order valence-corrected chi connectivity index (χ3v) is 3.04. The number of hydrogen-bond acceptors (Lipinski definition) is 3. The zero-order chi connectivity index (χ0) is 14.0. The summed E-state index contributed by atoms with van der Waals surface area (Å²) < 4.78 is 1.46. The summed E-state index contributed by atoms with van der Waals surface area (Å²) in [6.45, 7) is 6.09. The monoisotopic (exact) mass is 257 g/mol. The van der Waals surface area contributed by atoms with Crippen LogP contribution >= 0.6 is 0 Å². The molecule has 0 saturated heterocycles. The molecule has 2 rings (SSSR count). The van der Waals surface area contributed by atoms with E-state index in [9.17, 15) is 4.79 Å². The standard InChI is InChI=1S/C15H19N3O/c1-4-18-14(19)12(15(2,3)16)10-13(17-18)11-8-6-5-7-9-11/h5-10H,4,16H2,1-3H3. The molecule has 0 aliphatic rings. The van der Waals surface area contributed by atoms with E-state index in [1.54, 1.807) is 6.07 Å². The third-order valence-electron chi connectivity index (χ3n) is 3.04. The zero-order valence-corrected chi connectivity index (χ0v) is 11.6. The number of rotatable bonds is 3. The van der Waals surface area contributed by atoms with Crippen molar-refractivity contribution in [2.45, 2.75) is 32.9 Å². The summed E-state index contributed by atoms with van der Waals surface area (Å²) in [5, 5.41) is 4.38. The molecule has 0 unspecified atom stereocenters. The molecular weight excluding hydrogens is 238 g/mol. The predicted molar refractivity (Wildman–Crippen MR) is 76.8 cm³/mol. The quantitative estimate of drug-likeness (QED) is 0.916. The van der Waals surface area contributed by atoms with Crippen LogP contribution in [-0.4, -0.2) is 9.78 Å². The first-order valence-corrected chi connectivity index (χ1v) is 6.40. The number of hydrogen-bond donors (Lipinski definition) is 1. The molecule has 1 aromatic carbocycles. The van der Waals surface area contributed by atoms with Crippen LogP contribution in [0.15, 0.2) is 41.2 Å². The lowest BCUT2D eigenvalue weighted by molar-refractivity contribution is 0.519. The van der Waals surface area contributed by atoms with Crippen molar-refractivity contribution >= 4 is 0 Å². The van der Waals surface area contributed by atoms with Crippen LogP contribution in [0, 0.1) is 0 Å². The first-order valence-electron chi connectivity index (χ1n) is 6.40. The first-order chi connectivity index (χ1) is 8.93. The van der Waals surface area contributed by atoms with Gasteiger partial charge in [0, 0.05) is 23.2 Å². The lowest BCUT2D eigenvalue weighted by atomic mass is 9.96. The van der Waals surface area contributed by atoms with Crippen LogP contribution in [0.2, 0.25) is 0 Å². The second-order valence-electron chi connectivity index (χ2n) is 5.15. The van der Waals surface area contributed by atoms with Gasteiger partial charge in [-0.2, -0.15) is 5.10 Å². The Bertz CT molecular complexity index is 624. The first kappa shape index (κ1) is 13.5. The van der Waals surface area contributed by atoms with Crippen molar-refractivity contribution in [3.05, 3.63) is 52.3 Å². The van der Waals surface area contributed by atoms with Gasteiger partial charge in [-0.25, -0.2) is 4.68 Å². The van der Waals surface area contributed by atoms with Gasteiger partial charge in [-0.15, -0.1) is 0 Å². The highest BCUT2D eigenvalue weighted by Crippen LogP contribution is 2.20. The van der Waals surface area contributed by atoms with E-state index in [0.29, 0.717) is 12.1 Å². The van der Waals surface area contributed by atoms with Gasteiger partial charge >= 0.3 is 0 Å². The maximum absolute atomic E-state index is 12.3. The van der Waals surface area contributed by atoms with E-state index in [2.05, 4.69) is 5.10 Å². The number of benzene rings is 1. The van der Waals surface area contributed by atoms with Crippen LogP contribution in [0.5, 0.6) is 0 Å². The fourth-order valence-corrected chi connectivity index (χ4v) is 1.97. The molecule has 1 heterocycles. The summed E-state index contributed by atoms with van der Waals surface area (Å²) in [5.41, 5.74) is 7.63. The smallest absolute Gasteiger partial charge is 0.271 e. The molecule has 1 aromatic heterocycles. The van der Waals surface area contributed by atoms with E-state index in [1.807, 2.05) is 51.1 Å². The molecule has 0 bridgehead atoms. The van der Waals surface area contributed by atoms with Crippen molar-refractivity contribution in [2.24, 2.45) is 5.73 Å². The molecule has 0 aliphatic carbocycles. The highest BCUT2D eigenvalue weighted by atomic mass is 16.1. The number of aromatic nitrogens is 2. The Labute approximate surface area is 112 Å². The van der Waals surface area contributed by atoms with E-state index in [0.717, 1.165) is 11.3 Å². The van der Waals surface area contributed by atoms with Crippen LogP contribution < -0.4 is 11.3 Å². The predicted octanol–water partition coefficient (Wildman–Crippen LogP) is 2.12. The Kier molecular flexibility index (Phi) is 3.53. The van der Waals surface area contributed by atoms with E-state index >= 15 is 0 Å². The SMILES string of the molecule is CCn1nc(-c2ccccc2)cc(C(C)(C)N)c1=O. The largest absolute Gasteiger partial charge is 0.322 e. The fraction of sp³-hybridized carbons (Fsp3) is 0.333. The Balaban J connectivity index is 2.68. The topological polar surface area (TPSA) is 60.9 Å². The Morgan fingerprint density at radius 1 is 1.26 bits per heavy atom. The van der Waals surface area contributed by atoms with Gasteiger partial charge in [0.2, 0.25) is 0 Å². The summed E-state index contributed by atoms with van der Waals surface area (Å²) in [7, 11) is 0. The normalized spacial score (nSPS) is 11.6. The molecule has 100 valence electrons. The van der Waals surface area contributed by atoms with Crippen LogP contribution in [0.25, 0.3) is 11.3 Å². The highest BCUT2D eigenvalue weighted by Gasteiger charge is 2.21. The number of aryl methyl sites for hydroxylation is 1. The van der Waals surface area contributed by atoms with Gasteiger partial charge in [0.1, 0.15) is 0 Å². The van der Waals surface area contributed by atoms with Gasteiger partial charge in [0.25, 0.3) is 5.56 Å². The van der Waals surface area contributed by atoms with Crippen molar-refractivity contribution in [3.8, 4) is 11.3 Å². The van der Waals surface area contributed by atoms with Crippen LogP contribution in [0.4, 0.5) is 0 Å². The van der Waals surface area contributed by atoms with Gasteiger partial charge in [-0.05, 0) is 26.8 Å². The maximum atomic E-state index is 12.3. The Morgan fingerprint density at radius 3 is 2.42 bits per heavy atom. The van der Waals surface area contributed by atoms with Gasteiger partial charge in [0.15, 0.2) is 0 Å². The van der Waals surface area contributed by atoms with Crippen molar-refractivity contribution in [1.29, 1.82) is 0 Å². The summed E-state index contributed by atoms with van der Waals surface area (Å²) in [4.78, 5) is 12.3. The van der Waals surface area contributed by atoms with E-state index in [1.165, 1.54) is 4.68 Å². The lowest BCUT2D eigenvalue weighted by Gasteiger charge is -2.20. The molecule has 0 fully saturated rings. The van der Waals surface area contributed by atoms with Crippen molar-refractivity contribution in [3.63, 3.8) is 0 Å². The van der Waals surface area contributed by atoms with Crippen LogP contribution in [0.1, 0.15) is 26.3 Å². The minimum absolute atomic E-state index is 0.116. The second-order valence-corrected chi connectivity index (χ2v) is 5.15. The lowest BCUT2D eigenvalue weighted by Crippen LogP contribution is -2.39. The summed E-state index contributed by atoms with van der Waals surface area (Å²) in [6, 6.07) is 11.6. The molecule has 19 heavy (non-hydrogen) atoms. The molecule has 4 heteroatoms. The van der Waals surface area contributed by atoms with Crippen LogP contribution in [-0.2, 0) is 12.1 Å². The highest BCUT2D eigenvalue weighted by molar-refractivity contribution is 5.59. The summed E-state index contributed by atoms with van der Waals surface area (Å²) in [6.07, 6.45) is 0. The van der Waals surface area contributed by atoms with E-state index in [4.69, 9.17) is 5.73 Å². The van der Waals surface area contributed by atoms with Crippen molar-refractivity contribution in [1.82, 2.24) is 9.78 Å². The fourth-order valence-electron chi connectivity index (χ4n) is 1.97. The molecule has 0 spiro atoms. The second kappa shape index (κ2) is 4.97. The van der Waals surface area contributed by atoms with Gasteiger partial charge in [-0.1, -0.05) is 30.3 Å². The third kappa shape index (κ3) is 2.74. The molecule has 0 aliphatic heterocycles. The molecular formula is C15H19N3O. The number of nitrogens with zero attached hydrogens (tertiary/aromatic N) is 2. The van der Waals surface area contributed by atoms with Crippen LogP contribution in [0.3, 0.4) is 0 Å².